The molecule has 0 aliphatic carbocycles. The van der Waals surface area contributed by atoms with Gasteiger partial charge in [-0.25, -0.2) is 0 Å². The Labute approximate surface area is 80.2 Å². The summed E-state index contributed by atoms with van der Waals surface area (Å²) in [6, 6.07) is 0. The molecule has 1 aliphatic rings. The SMILES string of the molecule is C=CC1C[N+]([O-])(CCCC)CCO1. The summed E-state index contributed by atoms with van der Waals surface area (Å²) in [5.41, 5.74) is 0. The van der Waals surface area contributed by atoms with Crippen molar-refractivity contribution < 1.29 is 9.38 Å². The first kappa shape index (κ1) is 10.7. The third kappa shape index (κ3) is 3.10. The molecular weight excluding hydrogens is 166 g/mol. The van der Waals surface area contributed by atoms with Gasteiger partial charge < -0.3 is 14.6 Å². The predicted octanol–water partition coefficient (Wildman–Crippen LogP) is 1.69. The zero-order chi connectivity index (χ0) is 9.73. The monoisotopic (exact) mass is 185 g/mol. The third-order valence-electron chi connectivity index (χ3n) is 2.53. The van der Waals surface area contributed by atoms with Crippen molar-refractivity contribution in [2.45, 2.75) is 25.9 Å². The Morgan fingerprint density at radius 2 is 2.46 bits per heavy atom. The highest BCUT2D eigenvalue weighted by Crippen LogP contribution is 2.15. The number of hydroxylamine groups is 3. The van der Waals surface area contributed by atoms with Crippen LogP contribution in [-0.4, -0.2) is 37.0 Å². The van der Waals surface area contributed by atoms with E-state index < -0.39 is 0 Å². The fourth-order valence-electron chi connectivity index (χ4n) is 1.63. The Morgan fingerprint density at radius 3 is 3.08 bits per heavy atom. The van der Waals surface area contributed by atoms with Crippen LogP contribution in [0.1, 0.15) is 19.8 Å². The van der Waals surface area contributed by atoms with E-state index in [4.69, 9.17) is 4.74 Å². The maximum atomic E-state index is 12.1. The molecule has 13 heavy (non-hydrogen) atoms. The molecule has 0 bridgehead atoms. The standard InChI is InChI=1S/C10H19NO2/c1-3-5-6-11(12)7-8-13-10(4-2)9-11/h4,10H,2-3,5-9H2,1H3. The zero-order valence-corrected chi connectivity index (χ0v) is 8.37. The topological polar surface area (TPSA) is 32.3 Å². The molecule has 1 rings (SSSR count). The van der Waals surface area contributed by atoms with E-state index in [1.165, 1.54) is 0 Å². The molecule has 1 aliphatic heterocycles. The summed E-state index contributed by atoms with van der Waals surface area (Å²) >= 11 is 0. The molecule has 0 aromatic rings. The number of unbranched alkanes of at least 4 members (excludes halogenated alkanes) is 1. The molecule has 1 saturated heterocycles. The van der Waals surface area contributed by atoms with Gasteiger partial charge in [-0.3, -0.25) is 0 Å². The van der Waals surface area contributed by atoms with Crippen LogP contribution in [-0.2, 0) is 4.74 Å². The van der Waals surface area contributed by atoms with Crippen LogP contribution < -0.4 is 0 Å². The second kappa shape index (κ2) is 4.74. The lowest BCUT2D eigenvalue weighted by molar-refractivity contribution is -0.891. The summed E-state index contributed by atoms with van der Waals surface area (Å²) in [4.78, 5) is 0. The summed E-state index contributed by atoms with van der Waals surface area (Å²) < 4.78 is 5.28. The van der Waals surface area contributed by atoms with Gasteiger partial charge in [0.05, 0.1) is 13.2 Å². The van der Waals surface area contributed by atoms with Crippen LogP contribution in [0.4, 0.5) is 0 Å². The zero-order valence-electron chi connectivity index (χ0n) is 8.37. The summed E-state index contributed by atoms with van der Waals surface area (Å²) in [6.07, 6.45) is 3.79. The highest BCUT2D eigenvalue weighted by atomic mass is 16.6. The summed E-state index contributed by atoms with van der Waals surface area (Å²) in [6.45, 7) is 8.21. The highest BCUT2D eigenvalue weighted by Gasteiger charge is 2.26. The molecule has 76 valence electrons. The van der Waals surface area contributed by atoms with E-state index in [9.17, 15) is 5.21 Å². The lowest BCUT2D eigenvalue weighted by atomic mass is 10.2. The molecule has 3 nitrogen and oxygen atoms in total. The number of rotatable bonds is 4. The Morgan fingerprint density at radius 1 is 1.69 bits per heavy atom. The summed E-state index contributed by atoms with van der Waals surface area (Å²) in [5, 5.41) is 12.1. The Kier molecular flexibility index (Phi) is 3.90. The van der Waals surface area contributed by atoms with Crippen LogP contribution in [0.2, 0.25) is 0 Å². The van der Waals surface area contributed by atoms with Gasteiger partial charge >= 0.3 is 0 Å². The average Bonchev–Trinajstić information content (AvgIpc) is 2.15. The number of ether oxygens (including phenoxy) is 1. The second-order valence-corrected chi connectivity index (χ2v) is 3.69. The van der Waals surface area contributed by atoms with Gasteiger partial charge in [-0.05, 0) is 6.42 Å². The molecule has 0 aromatic heterocycles. The van der Waals surface area contributed by atoms with Gasteiger partial charge in [0.2, 0.25) is 0 Å². The molecule has 0 spiro atoms. The van der Waals surface area contributed by atoms with Crippen molar-refractivity contribution in [1.29, 1.82) is 0 Å². The molecule has 1 fully saturated rings. The summed E-state index contributed by atoms with van der Waals surface area (Å²) in [5.74, 6) is 0. The lowest BCUT2D eigenvalue weighted by Gasteiger charge is -2.47. The van der Waals surface area contributed by atoms with Gasteiger partial charge in [-0.1, -0.05) is 19.4 Å². The fourth-order valence-corrected chi connectivity index (χ4v) is 1.63. The first-order valence-corrected chi connectivity index (χ1v) is 5.01. The Balaban J connectivity index is 2.42. The molecular formula is C10H19NO2. The van der Waals surface area contributed by atoms with Gasteiger partial charge in [0.25, 0.3) is 0 Å². The van der Waals surface area contributed by atoms with E-state index >= 15 is 0 Å². The first-order chi connectivity index (χ1) is 6.20. The number of hydrogen-bond acceptors (Lipinski definition) is 2. The van der Waals surface area contributed by atoms with Crippen molar-refractivity contribution in [1.82, 2.24) is 0 Å². The third-order valence-corrected chi connectivity index (χ3v) is 2.53. The smallest absolute Gasteiger partial charge is 0.125 e. The van der Waals surface area contributed by atoms with Crippen LogP contribution >= 0.6 is 0 Å². The van der Waals surface area contributed by atoms with Gasteiger partial charge in [0.15, 0.2) is 0 Å². The van der Waals surface area contributed by atoms with Gasteiger partial charge in [0.1, 0.15) is 19.2 Å². The van der Waals surface area contributed by atoms with E-state index in [2.05, 4.69) is 13.5 Å². The minimum Gasteiger partial charge on any atom is -0.633 e. The normalized spacial score (nSPS) is 34.5. The molecule has 0 radical (unpaired) electrons. The number of morpholine rings is 1. The van der Waals surface area contributed by atoms with Crippen molar-refractivity contribution in [2.75, 3.05) is 26.2 Å². The maximum Gasteiger partial charge on any atom is 0.125 e. The second-order valence-electron chi connectivity index (χ2n) is 3.69. The van der Waals surface area contributed by atoms with Crippen molar-refractivity contribution in [3.8, 4) is 0 Å². The van der Waals surface area contributed by atoms with Crippen molar-refractivity contribution >= 4 is 0 Å². The predicted molar refractivity (Wildman–Crippen MR) is 53.1 cm³/mol. The van der Waals surface area contributed by atoms with Gasteiger partial charge in [-0.15, -0.1) is 6.58 Å². The van der Waals surface area contributed by atoms with E-state index in [0.717, 1.165) is 19.4 Å². The Hall–Kier alpha value is -0.380. The quantitative estimate of drug-likeness (QED) is 0.379. The largest absolute Gasteiger partial charge is 0.633 e. The van der Waals surface area contributed by atoms with E-state index in [1.807, 2.05) is 0 Å². The van der Waals surface area contributed by atoms with Crippen molar-refractivity contribution in [3.05, 3.63) is 17.9 Å². The Bertz CT molecular complexity index is 172. The molecule has 0 N–H and O–H groups in total. The first-order valence-electron chi connectivity index (χ1n) is 5.01. The number of quaternary nitrogens is 1. The van der Waals surface area contributed by atoms with Gasteiger partial charge in [0, 0.05) is 0 Å². The van der Waals surface area contributed by atoms with Crippen LogP contribution in [0.5, 0.6) is 0 Å². The van der Waals surface area contributed by atoms with Crippen LogP contribution in [0.25, 0.3) is 0 Å². The van der Waals surface area contributed by atoms with Crippen LogP contribution in [0, 0.1) is 5.21 Å². The highest BCUT2D eigenvalue weighted by molar-refractivity contribution is 4.81. The van der Waals surface area contributed by atoms with E-state index in [0.29, 0.717) is 19.7 Å². The number of hydrogen-bond donors (Lipinski definition) is 0. The molecule has 0 amide bonds. The van der Waals surface area contributed by atoms with Crippen LogP contribution in [0.3, 0.4) is 0 Å². The lowest BCUT2D eigenvalue weighted by Crippen LogP contribution is -2.54. The minimum absolute atomic E-state index is 0.0388. The molecule has 3 heteroatoms. The van der Waals surface area contributed by atoms with E-state index in [1.54, 1.807) is 6.08 Å². The molecule has 0 saturated carbocycles. The fraction of sp³-hybridized carbons (Fsp3) is 0.800. The summed E-state index contributed by atoms with van der Waals surface area (Å²) in [7, 11) is 0. The van der Waals surface area contributed by atoms with E-state index in [-0.39, 0.29) is 10.8 Å². The van der Waals surface area contributed by atoms with Crippen molar-refractivity contribution in [3.63, 3.8) is 0 Å². The van der Waals surface area contributed by atoms with Crippen molar-refractivity contribution in [2.24, 2.45) is 0 Å². The van der Waals surface area contributed by atoms with Crippen LogP contribution in [0.15, 0.2) is 12.7 Å². The molecule has 2 unspecified atom stereocenters. The molecule has 0 aromatic carbocycles. The maximum absolute atomic E-state index is 12.1. The average molecular weight is 185 g/mol. The minimum atomic E-state index is -0.0927. The molecule has 2 atom stereocenters. The molecule has 1 heterocycles. The number of nitrogens with zero attached hydrogens (tertiary/aromatic N) is 1. The van der Waals surface area contributed by atoms with Gasteiger partial charge in [-0.2, -0.15) is 0 Å².